The summed E-state index contributed by atoms with van der Waals surface area (Å²) in [5.41, 5.74) is -2.26. The van der Waals surface area contributed by atoms with E-state index in [1.54, 1.807) is 41.5 Å². The lowest BCUT2D eigenvalue weighted by Gasteiger charge is -2.32. The highest BCUT2D eigenvalue weighted by Crippen LogP contribution is 2.38. The zero-order valence-electron chi connectivity index (χ0n) is 14.2. The molecule has 0 spiro atoms. The van der Waals surface area contributed by atoms with Gasteiger partial charge in [-0.15, -0.1) is 0 Å². The fraction of sp³-hybridized carbons (Fsp3) is 0.750. The average Bonchev–Trinajstić information content (AvgIpc) is 2.49. The van der Waals surface area contributed by atoms with Crippen molar-refractivity contribution in [1.82, 2.24) is 4.90 Å². The summed E-state index contributed by atoms with van der Waals surface area (Å²) in [6.45, 7) is 15.3. The summed E-state index contributed by atoms with van der Waals surface area (Å²) >= 11 is 0. The van der Waals surface area contributed by atoms with Crippen LogP contribution in [0.3, 0.4) is 0 Å². The third kappa shape index (κ3) is 4.06. The Morgan fingerprint density at radius 2 is 1.43 bits per heavy atom. The summed E-state index contributed by atoms with van der Waals surface area (Å²) in [7, 11) is 1.83. The van der Waals surface area contributed by atoms with Crippen molar-refractivity contribution >= 4 is 11.9 Å². The van der Waals surface area contributed by atoms with Crippen molar-refractivity contribution in [2.45, 2.75) is 52.7 Å². The normalized spacial score (nSPS) is 19.5. The Bertz CT molecular complexity index is 426. The fourth-order valence-electron chi connectivity index (χ4n) is 2.26. The van der Waals surface area contributed by atoms with Gasteiger partial charge in [0.05, 0.1) is 0 Å². The largest absolute Gasteiger partial charge is 0.459 e. The molecule has 0 aromatic carbocycles. The van der Waals surface area contributed by atoms with E-state index in [0.29, 0.717) is 12.1 Å². The van der Waals surface area contributed by atoms with E-state index in [1.807, 2.05) is 11.9 Å². The Kier molecular flexibility index (Phi) is 4.59. The van der Waals surface area contributed by atoms with Gasteiger partial charge in [-0.2, -0.15) is 0 Å². The van der Waals surface area contributed by atoms with Gasteiger partial charge < -0.3 is 14.4 Å². The highest BCUT2D eigenvalue weighted by atomic mass is 16.6. The number of esters is 2. The molecule has 1 fully saturated rings. The number of carbonyl (C=O) groups is 2. The van der Waals surface area contributed by atoms with Crippen molar-refractivity contribution in [3.8, 4) is 0 Å². The molecule has 1 aliphatic heterocycles. The van der Waals surface area contributed by atoms with Crippen LogP contribution in [0.1, 0.15) is 41.5 Å². The number of likely N-dealkylation sites (N-methyl/N-ethyl adjacent to an activating group) is 1. The van der Waals surface area contributed by atoms with Crippen LogP contribution >= 0.6 is 0 Å². The number of rotatable bonds is 2. The molecule has 120 valence electrons. The van der Waals surface area contributed by atoms with Crippen LogP contribution in [0.15, 0.2) is 12.2 Å². The predicted molar refractivity (Wildman–Crippen MR) is 80.8 cm³/mol. The summed E-state index contributed by atoms with van der Waals surface area (Å²) in [6.07, 6.45) is 0. The molecule has 1 rings (SSSR count). The molecule has 0 aromatic rings. The lowest BCUT2D eigenvalue weighted by atomic mass is 9.83. The van der Waals surface area contributed by atoms with Crippen LogP contribution in [0.2, 0.25) is 0 Å². The highest BCUT2D eigenvalue weighted by molar-refractivity contribution is 6.04. The van der Waals surface area contributed by atoms with Gasteiger partial charge in [-0.05, 0) is 54.2 Å². The topological polar surface area (TPSA) is 55.8 Å². The molecule has 0 N–H and O–H groups in total. The van der Waals surface area contributed by atoms with Crippen LogP contribution in [0.25, 0.3) is 0 Å². The van der Waals surface area contributed by atoms with E-state index in [1.165, 1.54) is 0 Å². The zero-order chi connectivity index (χ0) is 16.6. The smallest absolute Gasteiger partial charge is 0.329 e. The van der Waals surface area contributed by atoms with Crippen LogP contribution in [0.4, 0.5) is 0 Å². The first-order valence-electron chi connectivity index (χ1n) is 7.12. The minimum atomic E-state index is -1.44. The molecule has 0 bridgehead atoms. The van der Waals surface area contributed by atoms with Crippen molar-refractivity contribution < 1.29 is 19.1 Å². The zero-order valence-corrected chi connectivity index (χ0v) is 14.2. The summed E-state index contributed by atoms with van der Waals surface area (Å²) in [5.74, 6) is -1.17. The first-order chi connectivity index (χ1) is 9.28. The molecule has 0 aromatic heterocycles. The third-order valence-corrected chi connectivity index (χ3v) is 3.07. The molecule has 1 heterocycles. The van der Waals surface area contributed by atoms with Gasteiger partial charge in [0.1, 0.15) is 11.2 Å². The lowest BCUT2D eigenvalue weighted by Crippen LogP contribution is -2.48. The molecule has 1 saturated heterocycles. The van der Waals surface area contributed by atoms with Crippen molar-refractivity contribution in [3.63, 3.8) is 0 Å². The Hall–Kier alpha value is -1.36. The van der Waals surface area contributed by atoms with E-state index in [2.05, 4.69) is 6.58 Å². The van der Waals surface area contributed by atoms with Gasteiger partial charge >= 0.3 is 11.9 Å². The Morgan fingerprint density at radius 1 is 1.05 bits per heavy atom. The van der Waals surface area contributed by atoms with Crippen molar-refractivity contribution in [2.24, 2.45) is 5.41 Å². The molecule has 21 heavy (non-hydrogen) atoms. The molecule has 5 heteroatoms. The highest BCUT2D eigenvalue weighted by Gasteiger charge is 2.57. The van der Waals surface area contributed by atoms with Gasteiger partial charge in [-0.1, -0.05) is 6.58 Å². The quantitative estimate of drug-likeness (QED) is 0.444. The molecular formula is C16H27NO4. The maximum Gasteiger partial charge on any atom is 0.329 e. The van der Waals surface area contributed by atoms with Crippen LogP contribution in [-0.2, 0) is 19.1 Å². The van der Waals surface area contributed by atoms with E-state index in [-0.39, 0.29) is 6.54 Å². The third-order valence-electron chi connectivity index (χ3n) is 3.07. The van der Waals surface area contributed by atoms with Gasteiger partial charge in [0, 0.05) is 13.1 Å². The molecule has 0 aliphatic carbocycles. The summed E-state index contributed by atoms with van der Waals surface area (Å²) in [5, 5.41) is 0. The van der Waals surface area contributed by atoms with E-state index in [0.717, 1.165) is 0 Å². The number of hydrogen-bond acceptors (Lipinski definition) is 5. The van der Waals surface area contributed by atoms with Gasteiger partial charge in [0.15, 0.2) is 5.41 Å². The molecule has 0 radical (unpaired) electrons. The SMILES string of the molecule is C=C1CN(C)CC1(C(=O)OC(C)(C)C)C(=O)OC(C)(C)C. The molecular weight excluding hydrogens is 270 g/mol. The van der Waals surface area contributed by atoms with Gasteiger partial charge in [0.2, 0.25) is 0 Å². The Morgan fingerprint density at radius 3 is 1.67 bits per heavy atom. The first-order valence-corrected chi connectivity index (χ1v) is 7.12. The molecule has 5 nitrogen and oxygen atoms in total. The second-order valence-corrected chi connectivity index (χ2v) is 7.68. The standard InChI is InChI=1S/C16H27NO4/c1-11-9-17(8)10-16(11,12(18)20-14(2,3)4)13(19)21-15(5,6)7/h1,9-10H2,2-8H3. The average molecular weight is 297 g/mol. The Balaban J connectivity index is 3.17. The second-order valence-electron chi connectivity index (χ2n) is 7.68. The predicted octanol–water partition coefficient (Wildman–Crippen LogP) is 2.16. The second kappa shape index (κ2) is 5.44. The van der Waals surface area contributed by atoms with E-state index >= 15 is 0 Å². The summed E-state index contributed by atoms with van der Waals surface area (Å²) < 4.78 is 10.9. The number of nitrogens with zero attached hydrogens (tertiary/aromatic N) is 1. The van der Waals surface area contributed by atoms with Crippen LogP contribution in [-0.4, -0.2) is 48.2 Å². The van der Waals surface area contributed by atoms with Gasteiger partial charge in [-0.3, -0.25) is 9.59 Å². The molecule has 1 aliphatic rings. The maximum absolute atomic E-state index is 12.7. The molecule has 0 unspecified atom stereocenters. The fourth-order valence-corrected chi connectivity index (χ4v) is 2.26. The molecule has 0 amide bonds. The number of likely N-dealkylation sites (tertiary alicyclic amines) is 1. The van der Waals surface area contributed by atoms with Crippen LogP contribution in [0, 0.1) is 5.41 Å². The van der Waals surface area contributed by atoms with Gasteiger partial charge in [0.25, 0.3) is 0 Å². The molecule has 0 atom stereocenters. The maximum atomic E-state index is 12.7. The summed E-state index contributed by atoms with van der Waals surface area (Å²) in [6, 6.07) is 0. The minimum Gasteiger partial charge on any atom is -0.459 e. The monoisotopic (exact) mass is 297 g/mol. The van der Waals surface area contributed by atoms with Crippen LogP contribution in [0.5, 0.6) is 0 Å². The lowest BCUT2D eigenvalue weighted by molar-refractivity contribution is -0.181. The minimum absolute atomic E-state index is 0.232. The van der Waals surface area contributed by atoms with E-state index in [4.69, 9.17) is 9.47 Å². The number of carbonyl (C=O) groups excluding carboxylic acids is 2. The van der Waals surface area contributed by atoms with Crippen molar-refractivity contribution in [3.05, 3.63) is 12.2 Å². The first kappa shape index (κ1) is 17.7. The number of hydrogen-bond donors (Lipinski definition) is 0. The van der Waals surface area contributed by atoms with Crippen molar-refractivity contribution in [2.75, 3.05) is 20.1 Å². The van der Waals surface area contributed by atoms with Gasteiger partial charge in [-0.25, -0.2) is 0 Å². The van der Waals surface area contributed by atoms with E-state index < -0.39 is 28.6 Å². The Labute approximate surface area is 127 Å². The summed E-state index contributed by atoms with van der Waals surface area (Å²) in [4.78, 5) is 27.2. The van der Waals surface area contributed by atoms with E-state index in [9.17, 15) is 9.59 Å². The molecule has 0 saturated carbocycles. The van der Waals surface area contributed by atoms with Crippen molar-refractivity contribution in [1.29, 1.82) is 0 Å². The number of ether oxygens (including phenoxy) is 2. The van der Waals surface area contributed by atoms with Crippen LogP contribution < -0.4 is 0 Å².